The third-order valence-corrected chi connectivity index (χ3v) is 6.04. The first-order valence-corrected chi connectivity index (χ1v) is 9.94. The average Bonchev–Trinajstić information content (AvgIpc) is 3.10. The summed E-state index contributed by atoms with van der Waals surface area (Å²) in [5.41, 5.74) is -0.643. The van der Waals surface area contributed by atoms with Crippen LogP contribution < -0.4 is 5.32 Å². The van der Waals surface area contributed by atoms with Crippen LogP contribution in [0.1, 0.15) is 53.3 Å². The zero-order valence-electron chi connectivity index (χ0n) is 15.8. The number of nitrogens with one attached hydrogen (secondary N) is 1. The Bertz CT molecular complexity index is 923. The summed E-state index contributed by atoms with van der Waals surface area (Å²) in [4.78, 5) is 14.6. The normalized spacial score (nSPS) is 22.7. The van der Waals surface area contributed by atoms with Gasteiger partial charge in [-0.05, 0) is 37.9 Å². The molecule has 2 aliphatic heterocycles. The first-order chi connectivity index (χ1) is 13.8. The van der Waals surface area contributed by atoms with Crippen molar-refractivity contribution in [2.75, 3.05) is 13.1 Å². The molecule has 0 bridgehead atoms. The van der Waals surface area contributed by atoms with E-state index in [1.54, 1.807) is 0 Å². The molecule has 1 N–H and O–H groups in total. The van der Waals surface area contributed by atoms with Gasteiger partial charge in [0.2, 0.25) is 5.82 Å². The van der Waals surface area contributed by atoms with Crippen molar-refractivity contribution < 1.29 is 18.0 Å². The van der Waals surface area contributed by atoms with Crippen molar-refractivity contribution in [3.8, 4) is 0 Å². The second kappa shape index (κ2) is 7.60. The molecule has 0 spiro atoms. The number of carbonyl (C=O) groups excluding carboxylic acids is 1. The van der Waals surface area contributed by atoms with Crippen LogP contribution in [0.3, 0.4) is 0 Å². The molecule has 2 aromatic rings. The molecule has 2 aliphatic rings. The Morgan fingerprint density at radius 3 is 2.79 bits per heavy atom. The standard InChI is InChI=1S/C19H21ClF3N5O/c1-11-9-28-16(12-5-3-7-24-8-12)25-26-17(28)18(29)27(11)10-13-4-2-6-14(15(13)20)19(21,22)23/h2,4,6,11-12,24H,3,5,7-10H2,1H3. The van der Waals surface area contributed by atoms with Crippen LogP contribution >= 0.6 is 11.6 Å². The lowest BCUT2D eigenvalue weighted by atomic mass is 9.98. The summed E-state index contributed by atoms with van der Waals surface area (Å²) in [6.07, 6.45) is -2.53. The smallest absolute Gasteiger partial charge is 0.327 e. The van der Waals surface area contributed by atoms with Crippen molar-refractivity contribution >= 4 is 17.5 Å². The molecule has 1 fully saturated rings. The van der Waals surface area contributed by atoms with Crippen molar-refractivity contribution in [2.24, 2.45) is 0 Å². The van der Waals surface area contributed by atoms with Crippen LogP contribution in [0.15, 0.2) is 18.2 Å². The molecule has 0 radical (unpaired) electrons. The zero-order valence-corrected chi connectivity index (χ0v) is 16.6. The van der Waals surface area contributed by atoms with Gasteiger partial charge in [0, 0.05) is 31.6 Å². The molecule has 29 heavy (non-hydrogen) atoms. The summed E-state index contributed by atoms with van der Waals surface area (Å²) in [6.45, 7) is 4.11. The van der Waals surface area contributed by atoms with E-state index in [-0.39, 0.29) is 40.8 Å². The number of benzene rings is 1. The topological polar surface area (TPSA) is 63.1 Å². The fourth-order valence-electron chi connectivity index (χ4n) is 4.05. The lowest BCUT2D eigenvalue weighted by molar-refractivity contribution is -0.137. The van der Waals surface area contributed by atoms with Gasteiger partial charge < -0.3 is 14.8 Å². The molecule has 2 unspecified atom stereocenters. The Labute approximate surface area is 171 Å². The summed E-state index contributed by atoms with van der Waals surface area (Å²) < 4.78 is 41.3. The molecule has 156 valence electrons. The van der Waals surface area contributed by atoms with Gasteiger partial charge in [-0.1, -0.05) is 23.7 Å². The number of aromatic nitrogens is 3. The Balaban J connectivity index is 1.61. The highest BCUT2D eigenvalue weighted by atomic mass is 35.5. The fourth-order valence-corrected chi connectivity index (χ4v) is 4.34. The van der Waals surface area contributed by atoms with E-state index < -0.39 is 11.7 Å². The maximum atomic E-state index is 13.1. The van der Waals surface area contributed by atoms with Crippen LogP contribution in [0.25, 0.3) is 0 Å². The van der Waals surface area contributed by atoms with E-state index >= 15 is 0 Å². The molecular weight excluding hydrogens is 407 g/mol. The molecule has 4 rings (SSSR count). The number of fused-ring (bicyclic) bond motifs is 1. The number of carbonyl (C=O) groups is 1. The van der Waals surface area contributed by atoms with Crippen LogP contribution in [0.4, 0.5) is 13.2 Å². The molecule has 6 nitrogen and oxygen atoms in total. The van der Waals surface area contributed by atoms with Crippen LogP contribution in [0.5, 0.6) is 0 Å². The largest absolute Gasteiger partial charge is 0.417 e. The van der Waals surface area contributed by atoms with Crippen LogP contribution in [-0.4, -0.2) is 44.7 Å². The average molecular weight is 428 g/mol. The fraction of sp³-hybridized carbons (Fsp3) is 0.526. The van der Waals surface area contributed by atoms with E-state index in [0.717, 1.165) is 37.8 Å². The lowest BCUT2D eigenvalue weighted by Crippen LogP contribution is -2.47. The minimum atomic E-state index is -4.55. The Morgan fingerprint density at radius 1 is 1.31 bits per heavy atom. The number of hydrogen-bond acceptors (Lipinski definition) is 4. The third kappa shape index (κ3) is 3.73. The monoisotopic (exact) mass is 427 g/mol. The van der Waals surface area contributed by atoms with E-state index in [2.05, 4.69) is 15.5 Å². The van der Waals surface area contributed by atoms with Crippen molar-refractivity contribution in [3.05, 3.63) is 46.0 Å². The molecule has 0 saturated carbocycles. The molecule has 1 aromatic heterocycles. The molecule has 1 aromatic carbocycles. The summed E-state index contributed by atoms with van der Waals surface area (Å²) in [7, 11) is 0. The van der Waals surface area contributed by atoms with Gasteiger partial charge in [0.15, 0.2) is 0 Å². The second-order valence-corrected chi connectivity index (χ2v) is 7.97. The van der Waals surface area contributed by atoms with E-state index in [9.17, 15) is 18.0 Å². The second-order valence-electron chi connectivity index (χ2n) is 7.59. The van der Waals surface area contributed by atoms with Gasteiger partial charge in [0.25, 0.3) is 5.91 Å². The predicted octanol–water partition coefficient (Wildman–Crippen LogP) is 3.46. The minimum Gasteiger partial charge on any atom is -0.327 e. The van der Waals surface area contributed by atoms with Gasteiger partial charge in [-0.3, -0.25) is 4.79 Å². The van der Waals surface area contributed by atoms with Crippen molar-refractivity contribution in [1.82, 2.24) is 25.0 Å². The summed E-state index contributed by atoms with van der Waals surface area (Å²) in [5, 5.41) is 11.3. The van der Waals surface area contributed by atoms with Gasteiger partial charge in [0.1, 0.15) is 5.82 Å². The zero-order chi connectivity index (χ0) is 20.8. The molecule has 0 aliphatic carbocycles. The maximum Gasteiger partial charge on any atom is 0.417 e. The Morgan fingerprint density at radius 2 is 2.10 bits per heavy atom. The number of amides is 1. The molecule has 3 heterocycles. The molecule has 10 heteroatoms. The third-order valence-electron chi connectivity index (χ3n) is 5.60. The summed E-state index contributed by atoms with van der Waals surface area (Å²) in [5.74, 6) is 0.880. The number of alkyl halides is 3. The summed E-state index contributed by atoms with van der Waals surface area (Å²) >= 11 is 6.02. The van der Waals surface area contributed by atoms with Gasteiger partial charge >= 0.3 is 6.18 Å². The molecule has 1 amide bonds. The minimum absolute atomic E-state index is 0.0179. The van der Waals surface area contributed by atoms with E-state index in [4.69, 9.17) is 11.6 Å². The van der Waals surface area contributed by atoms with Crippen LogP contribution in [0.2, 0.25) is 5.02 Å². The highest BCUT2D eigenvalue weighted by Crippen LogP contribution is 2.37. The number of piperidine rings is 1. The molecule has 2 atom stereocenters. The Kier molecular flexibility index (Phi) is 5.29. The van der Waals surface area contributed by atoms with Crippen molar-refractivity contribution in [1.29, 1.82) is 0 Å². The predicted molar refractivity (Wildman–Crippen MR) is 101 cm³/mol. The van der Waals surface area contributed by atoms with Crippen LogP contribution in [-0.2, 0) is 19.3 Å². The number of rotatable bonds is 3. The SMILES string of the molecule is CC1Cn2c(nnc2C2CCCNC2)C(=O)N1Cc1cccc(C(F)(F)F)c1Cl. The number of hydrogen-bond donors (Lipinski definition) is 1. The first-order valence-electron chi connectivity index (χ1n) is 9.56. The van der Waals surface area contributed by atoms with Crippen LogP contribution in [0, 0.1) is 0 Å². The van der Waals surface area contributed by atoms with Gasteiger partial charge in [-0.25, -0.2) is 0 Å². The van der Waals surface area contributed by atoms with Gasteiger partial charge in [0.05, 0.1) is 10.6 Å². The quantitative estimate of drug-likeness (QED) is 0.814. The van der Waals surface area contributed by atoms with Crippen molar-refractivity contribution in [3.63, 3.8) is 0 Å². The highest BCUT2D eigenvalue weighted by Gasteiger charge is 2.37. The van der Waals surface area contributed by atoms with Crippen molar-refractivity contribution in [2.45, 2.75) is 51.0 Å². The first kappa shape index (κ1) is 20.2. The Hall–Kier alpha value is -2.13. The lowest BCUT2D eigenvalue weighted by Gasteiger charge is -2.35. The highest BCUT2D eigenvalue weighted by molar-refractivity contribution is 6.32. The van der Waals surface area contributed by atoms with E-state index in [1.165, 1.54) is 17.0 Å². The molecular formula is C19H21ClF3N5O. The molecule has 1 saturated heterocycles. The summed E-state index contributed by atoms with van der Waals surface area (Å²) in [6, 6.07) is 3.52. The maximum absolute atomic E-state index is 13.1. The van der Waals surface area contributed by atoms with Gasteiger partial charge in [-0.2, -0.15) is 13.2 Å². The van der Waals surface area contributed by atoms with E-state index in [0.29, 0.717) is 6.54 Å². The van der Waals surface area contributed by atoms with Gasteiger partial charge in [-0.15, -0.1) is 10.2 Å². The van der Waals surface area contributed by atoms with E-state index in [1.807, 2.05) is 11.5 Å². The number of halogens is 4. The number of nitrogens with zero attached hydrogens (tertiary/aromatic N) is 4.